The first-order chi connectivity index (χ1) is 5.66. The zero-order chi connectivity index (χ0) is 8.72. The molecule has 12 heavy (non-hydrogen) atoms. The maximum Gasteiger partial charge on any atom is 0.410 e. The summed E-state index contributed by atoms with van der Waals surface area (Å²) in [6.07, 6.45) is -0.117. The standard InChI is InChI=1S/C7H9NO4/c9-6(10)4-1-5-3-8(2-4)7(11)12-5/h4-5H,1-3H2,(H,9,10)/t4-,5-/m1/s1. The van der Waals surface area contributed by atoms with E-state index in [-0.39, 0.29) is 12.2 Å². The lowest BCUT2D eigenvalue weighted by Gasteiger charge is -2.23. The van der Waals surface area contributed by atoms with Crippen LogP contribution in [0.25, 0.3) is 0 Å². The fourth-order valence-corrected chi connectivity index (χ4v) is 1.68. The van der Waals surface area contributed by atoms with Gasteiger partial charge in [-0.1, -0.05) is 0 Å². The van der Waals surface area contributed by atoms with E-state index in [4.69, 9.17) is 9.84 Å². The van der Waals surface area contributed by atoms with Crippen molar-refractivity contribution in [2.75, 3.05) is 13.1 Å². The third kappa shape index (κ3) is 1.01. The van der Waals surface area contributed by atoms with Crippen molar-refractivity contribution in [1.29, 1.82) is 0 Å². The molecule has 5 heteroatoms. The summed E-state index contributed by atoms with van der Waals surface area (Å²) in [5.41, 5.74) is 0. The Kier molecular flexibility index (Phi) is 1.46. The Morgan fingerprint density at radius 3 is 2.92 bits per heavy atom. The number of carboxylic acid groups (broad SMARTS) is 1. The number of carbonyl (C=O) groups is 2. The summed E-state index contributed by atoms with van der Waals surface area (Å²) in [4.78, 5) is 23.0. The number of aliphatic carboxylic acids is 1. The van der Waals surface area contributed by atoms with Crippen LogP contribution in [0.4, 0.5) is 4.79 Å². The van der Waals surface area contributed by atoms with Crippen molar-refractivity contribution >= 4 is 12.1 Å². The first kappa shape index (κ1) is 7.39. The van der Waals surface area contributed by atoms with Crippen LogP contribution in [0.1, 0.15) is 6.42 Å². The molecule has 0 aromatic heterocycles. The van der Waals surface area contributed by atoms with Crippen LogP contribution in [-0.2, 0) is 9.53 Å². The monoisotopic (exact) mass is 171 g/mol. The molecule has 1 amide bonds. The summed E-state index contributed by atoms with van der Waals surface area (Å²) in [7, 11) is 0. The van der Waals surface area contributed by atoms with E-state index in [0.717, 1.165) is 0 Å². The second-order valence-electron chi connectivity index (χ2n) is 3.18. The highest BCUT2D eigenvalue weighted by Crippen LogP contribution is 2.25. The molecule has 0 saturated carbocycles. The topological polar surface area (TPSA) is 66.8 Å². The smallest absolute Gasteiger partial charge is 0.410 e. The van der Waals surface area contributed by atoms with E-state index in [1.807, 2.05) is 0 Å². The van der Waals surface area contributed by atoms with Gasteiger partial charge in [-0.15, -0.1) is 0 Å². The van der Waals surface area contributed by atoms with Crippen molar-refractivity contribution in [3.63, 3.8) is 0 Å². The van der Waals surface area contributed by atoms with Gasteiger partial charge in [0.15, 0.2) is 0 Å². The number of hydrogen-bond acceptors (Lipinski definition) is 3. The Hall–Kier alpha value is -1.26. The zero-order valence-electron chi connectivity index (χ0n) is 6.40. The number of ether oxygens (including phenoxy) is 1. The number of nitrogens with zero attached hydrogens (tertiary/aromatic N) is 1. The number of rotatable bonds is 1. The molecule has 0 unspecified atom stereocenters. The lowest BCUT2D eigenvalue weighted by Crippen LogP contribution is -2.39. The lowest BCUT2D eigenvalue weighted by atomic mass is 9.97. The lowest BCUT2D eigenvalue weighted by molar-refractivity contribution is -0.143. The van der Waals surface area contributed by atoms with E-state index in [1.165, 1.54) is 4.90 Å². The van der Waals surface area contributed by atoms with Crippen molar-refractivity contribution in [3.8, 4) is 0 Å². The number of carboxylic acids is 1. The van der Waals surface area contributed by atoms with Crippen molar-refractivity contribution in [3.05, 3.63) is 0 Å². The van der Waals surface area contributed by atoms with Gasteiger partial charge in [-0.2, -0.15) is 0 Å². The Morgan fingerprint density at radius 1 is 1.58 bits per heavy atom. The number of fused-ring (bicyclic) bond motifs is 2. The minimum atomic E-state index is -0.844. The van der Waals surface area contributed by atoms with Crippen LogP contribution < -0.4 is 0 Å². The summed E-state index contributed by atoms with van der Waals surface area (Å²) >= 11 is 0. The highest BCUT2D eigenvalue weighted by molar-refractivity contribution is 5.75. The molecule has 2 aliphatic heterocycles. The average molecular weight is 171 g/mol. The molecule has 2 fully saturated rings. The van der Waals surface area contributed by atoms with E-state index < -0.39 is 11.9 Å². The molecule has 0 aromatic carbocycles. The van der Waals surface area contributed by atoms with Crippen LogP contribution in [0.2, 0.25) is 0 Å². The predicted octanol–water partition coefficient (Wildman–Crippen LogP) is -0.0883. The fourth-order valence-electron chi connectivity index (χ4n) is 1.68. The summed E-state index contributed by atoms with van der Waals surface area (Å²) in [5.74, 6) is -1.29. The van der Waals surface area contributed by atoms with Gasteiger partial charge in [0.25, 0.3) is 0 Å². The molecule has 1 N–H and O–H groups in total. The average Bonchev–Trinajstić information content (AvgIpc) is 2.26. The summed E-state index contributed by atoms with van der Waals surface area (Å²) in [6.45, 7) is 0.854. The Bertz CT molecular complexity index is 240. The normalized spacial score (nSPS) is 33.3. The summed E-state index contributed by atoms with van der Waals surface area (Å²) < 4.78 is 4.89. The minimum Gasteiger partial charge on any atom is -0.481 e. The summed E-state index contributed by atoms with van der Waals surface area (Å²) in [5, 5.41) is 8.69. The molecule has 0 aliphatic carbocycles. The third-order valence-corrected chi connectivity index (χ3v) is 2.29. The van der Waals surface area contributed by atoms with Gasteiger partial charge in [0, 0.05) is 13.0 Å². The molecule has 0 aromatic rings. The predicted molar refractivity (Wildman–Crippen MR) is 37.6 cm³/mol. The van der Waals surface area contributed by atoms with Gasteiger partial charge in [0.05, 0.1) is 12.5 Å². The van der Waals surface area contributed by atoms with E-state index in [9.17, 15) is 9.59 Å². The van der Waals surface area contributed by atoms with Gasteiger partial charge in [0.2, 0.25) is 0 Å². The van der Waals surface area contributed by atoms with Crippen molar-refractivity contribution < 1.29 is 19.4 Å². The van der Waals surface area contributed by atoms with Crippen LogP contribution in [0.3, 0.4) is 0 Å². The molecule has 2 saturated heterocycles. The molecule has 66 valence electrons. The van der Waals surface area contributed by atoms with Gasteiger partial charge in [-0.05, 0) is 0 Å². The molecule has 2 rings (SSSR count). The number of carbonyl (C=O) groups excluding carboxylic acids is 1. The Morgan fingerprint density at radius 2 is 2.33 bits per heavy atom. The molecule has 0 radical (unpaired) electrons. The van der Waals surface area contributed by atoms with Crippen LogP contribution in [0.15, 0.2) is 0 Å². The second-order valence-corrected chi connectivity index (χ2v) is 3.18. The number of amides is 1. The van der Waals surface area contributed by atoms with Crippen LogP contribution in [0.5, 0.6) is 0 Å². The van der Waals surface area contributed by atoms with Crippen LogP contribution in [0, 0.1) is 5.92 Å². The highest BCUT2D eigenvalue weighted by Gasteiger charge is 2.41. The van der Waals surface area contributed by atoms with Gasteiger partial charge < -0.3 is 14.7 Å². The third-order valence-electron chi connectivity index (χ3n) is 2.29. The SMILES string of the molecule is O=C(O)[C@@H]1C[C@@H]2CN(C1)C(=O)O2. The van der Waals surface area contributed by atoms with E-state index in [2.05, 4.69) is 0 Å². The van der Waals surface area contributed by atoms with Gasteiger partial charge in [-0.3, -0.25) is 4.79 Å². The molecule has 2 atom stereocenters. The van der Waals surface area contributed by atoms with Crippen LogP contribution in [-0.4, -0.2) is 41.3 Å². The van der Waals surface area contributed by atoms with Crippen molar-refractivity contribution in [2.45, 2.75) is 12.5 Å². The van der Waals surface area contributed by atoms with Gasteiger partial charge >= 0.3 is 12.1 Å². The summed E-state index contributed by atoms with van der Waals surface area (Å²) in [6, 6.07) is 0. The highest BCUT2D eigenvalue weighted by atomic mass is 16.6. The number of piperidine rings is 1. The van der Waals surface area contributed by atoms with Crippen LogP contribution >= 0.6 is 0 Å². The Balaban J connectivity index is 2.10. The molecular weight excluding hydrogens is 162 g/mol. The van der Waals surface area contributed by atoms with Crippen molar-refractivity contribution in [2.24, 2.45) is 5.92 Å². The maximum absolute atomic E-state index is 10.9. The molecule has 2 bridgehead atoms. The quantitative estimate of drug-likeness (QED) is 0.598. The van der Waals surface area contributed by atoms with Crippen molar-refractivity contribution in [1.82, 2.24) is 4.90 Å². The van der Waals surface area contributed by atoms with E-state index >= 15 is 0 Å². The largest absolute Gasteiger partial charge is 0.481 e. The second kappa shape index (κ2) is 2.36. The molecule has 2 heterocycles. The molecule has 5 nitrogen and oxygen atoms in total. The Labute approximate surface area is 68.9 Å². The maximum atomic E-state index is 10.9. The zero-order valence-corrected chi connectivity index (χ0v) is 6.40. The molecular formula is C7H9NO4. The first-order valence-electron chi connectivity index (χ1n) is 3.85. The van der Waals surface area contributed by atoms with E-state index in [0.29, 0.717) is 19.5 Å². The fraction of sp³-hybridized carbons (Fsp3) is 0.714. The minimum absolute atomic E-state index is 0.202. The van der Waals surface area contributed by atoms with Gasteiger partial charge in [0.1, 0.15) is 6.10 Å². The molecule has 2 aliphatic rings. The van der Waals surface area contributed by atoms with Gasteiger partial charge in [-0.25, -0.2) is 4.79 Å². The molecule has 0 spiro atoms. The number of hydrogen-bond donors (Lipinski definition) is 1. The first-order valence-corrected chi connectivity index (χ1v) is 3.85. The van der Waals surface area contributed by atoms with E-state index in [1.54, 1.807) is 0 Å².